The van der Waals surface area contributed by atoms with E-state index in [1.807, 2.05) is 17.1 Å². The molecule has 30 heavy (non-hydrogen) atoms. The Morgan fingerprint density at radius 2 is 1.97 bits per heavy atom. The number of fused-ring (bicyclic) bond motifs is 1. The van der Waals surface area contributed by atoms with E-state index in [-0.39, 0.29) is 0 Å². The summed E-state index contributed by atoms with van der Waals surface area (Å²) in [7, 11) is 0. The molecule has 7 nitrogen and oxygen atoms in total. The number of rotatable bonds is 6. The first-order chi connectivity index (χ1) is 14.8. The molecule has 4 heterocycles. The van der Waals surface area contributed by atoms with Crippen LogP contribution in [-0.4, -0.2) is 55.8 Å². The third-order valence-electron chi connectivity index (χ3n) is 5.67. The number of hydrogen-bond acceptors (Lipinski definition) is 5. The van der Waals surface area contributed by atoms with Crippen LogP contribution in [-0.2, 0) is 19.5 Å². The summed E-state index contributed by atoms with van der Waals surface area (Å²) in [5.41, 5.74) is 6.66. The second-order valence-electron chi connectivity index (χ2n) is 7.86. The smallest absolute Gasteiger partial charge is 0.113 e. The summed E-state index contributed by atoms with van der Waals surface area (Å²) in [6, 6.07) is 10.7. The molecular formula is C23H27N7. The van der Waals surface area contributed by atoms with Gasteiger partial charge < -0.3 is 10.3 Å². The van der Waals surface area contributed by atoms with E-state index in [1.165, 1.54) is 5.56 Å². The summed E-state index contributed by atoms with van der Waals surface area (Å²) in [6.07, 6.45) is 6.61. The van der Waals surface area contributed by atoms with E-state index < -0.39 is 0 Å². The summed E-state index contributed by atoms with van der Waals surface area (Å²) in [4.78, 5) is 15.3. The first-order valence-corrected chi connectivity index (χ1v) is 10.6. The van der Waals surface area contributed by atoms with E-state index in [2.05, 4.69) is 68.7 Å². The lowest BCUT2D eigenvalue weighted by atomic mass is 10.1. The van der Waals surface area contributed by atoms with Gasteiger partial charge in [0.2, 0.25) is 0 Å². The van der Waals surface area contributed by atoms with Gasteiger partial charge in [-0.3, -0.25) is 14.6 Å². The number of benzene rings is 1. The highest BCUT2D eigenvalue weighted by Gasteiger charge is 2.11. The van der Waals surface area contributed by atoms with E-state index >= 15 is 0 Å². The lowest BCUT2D eigenvalue weighted by Gasteiger charge is -2.27. The average molecular weight is 402 g/mol. The molecule has 0 amide bonds. The first kappa shape index (κ1) is 19.0. The zero-order chi connectivity index (χ0) is 20.3. The van der Waals surface area contributed by atoms with Gasteiger partial charge in [0.05, 0.1) is 17.2 Å². The van der Waals surface area contributed by atoms with Gasteiger partial charge in [-0.1, -0.05) is 6.07 Å². The maximum Gasteiger partial charge on any atom is 0.113 e. The largest absolute Gasteiger partial charge is 0.342 e. The van der Waals surface area contributed by atoms with Crippen molar-refractivity contribution in [3.8, 4) is 11.1 Å². The molecule has 4 aromatic rings. The molecule has 5 rings (SSSR count). The van der Waals surface area contributed by atoms with Gasteiger partial charge in [-0.25, -0.2) is 4.98 Å². The highest BCUT2D eigenvalue weighted by atomic mass is 15.3. The van der Waals surface area contributed by atoms with Gasteiger partial charge in [0, 0.05) is 69.3 Å². The van der Waals surface area contributed by atoms with Crippen molar-refractivity contribution >= 4 is 11.0 Å². The van der Waals surface area contributed by atoms with Crippen molar-refractivity contribution in [1.82, 2.24) is 34.9 Å². The Kier molecular flexibility index (Phi) is 5.29. The molecule has 3 aromatic heterocycles. The molecule has 7 heteroatoms. The van der Waals surface area contributed by atoms with Crippen LogP contribution >= 0.6 is 0 Å². The summed E-state index contributed by atoms with van der Waals surface area (Å²) < 4.78 is 1.94. The van der Waals surface area contributed by atoms with Crippen LogP contribution in [0.15, 0.2) is 48.9 Å². The molecule has 1 fully saturated rings. The van der Waals surface area contributed by atoms with E-state index in [9.17, 15) is 0 Å². The fourth-order valence-corrected chi connectivity index (χ4v) is 4.03. The predicted molar refractivity (Wildman–Crippen MR) is 118 cm³/mol. The number of pyridine rings is 1. The minimum absolute atomic E-state index is 0.702. The van der Waals surface area contributed by atoms with Crippen molar-refractivity contribution in [1.29, 1.82) is 0 Å². The SMILES string of the molecule is CCn1cc(-c2ccc3nc(Cc4cc(CN5CCNCC5)ccn4)[nH]c3c2)cn1. The third kappa shape index (κ3) is 4.13. The lowest BCUT2D eigenvalue weighted by molar-refractivity contribution is 0.233. The van der Waals surface area contributed by atoms with Gasteiger partial charge in [0.15, 0.2) is 0 Å². The van der Waals surface area contributed by atoms with E-state index in [0.717, 1.165) is 72.9 Å². The van der Waals surface area contributed by atoms with Crippen molar-refractivity contribution in [2.45, 2.75) is 26.4 Å². The van der Waals surface area contributed by atoms with Crippen LogP contribution < -0.4 is 5.32 Å². The molecule has 2 N–H and O–H groups in total. The van der Waals surface area contributed by atoms with Crippen LogP contribution in [0.5, 0.6) is 0 Å². The highest BCUT2D eigenvalue weighted by Crippen LogP contribution is 2.23. The Balaban J connectivity index is 1.33. The number of piperazine rings is 1. The van der Waals surface area contributed by atoms with Crippen LogP contribution in [0.3, 0.4) is 0 Å². The van der Waals surface area contributed by atoms with Gasteiger partial charge in [-0.15, -0.1) is 0 Å². The van der Waals surface area contributed by atoms with Crippen molar-refractivity contribution in [3.05, 3.63) is 66.0 Å². The minimum Gasteiger partial charge on any atom is -0.342 e. The van der Waals surface area contributed by atoms with Crippen LogP contribution in [0, 0.1) is 0 Å². The number of H-pyrrole nitrogens is 1. The topological polar surface area (TPSA) is 74.7 Å². The van der Waals surface area contributed by atoms with Gasteiger partial charge >= 0.3 is 0 Å². The second kappa shape index (κ2) is 8.38. The van der Waals surface area contributed by atoms with Crippen LogP contribution in [0.25, 0.3) is 22.2 Å². The van der Waals surface area contributed by atoms with Gasteiger partial charge in [-0.05, 0) is 42.3 Å². The standard InChI is InChI=1S/C23H27N7/c1-2-30-16-19(14-26-30)18-3-4-21-22(12-18)28-23(27-21)13-20-11-17(5-6-25-20)15-29-9-7-24-8-10-29/h3-6,11-12,14,16,24H,2,7-10,13,15H2,1H3,(H,27,28). The summed E-state index contributed by atoms with van der Waals surface area (Å²) >= 11 is 0. The molecule has 0 radical (unpaired) electrons. The summed E-state index contributed by atoms with van der Waals surface area (Å²) in [5, 5.41) is 7.78. The monoisotopic (exact) mass is 401 g/mol. The molecule has 0 aliphatic carbocycles. The van der Waals surface area contributed by atoms with E-state index in [1.54, 1.807) is 0 Å². The van der Waals surface area contributed by atoms with Crippen molar-refractivity contribution in [3.63, 3.8) is 0 Å². The van der Waals surface area contributed by atoms with Crippen LogP contribution in [0.4, 0.5) is 0 Å². The molecule has 0 bridgehead atoms. The zero-order valence-corrected chi connectivity index (χ0v) is 17.3. The first-order valence-electron chi connectivity index (χ1n) is 10.6. The van der Waals surface area contributed by atoms with Gasteiger partial charge in [-0.2, -0.15) is 5.10 Å². The van der Waals surface area contributed by atoms with E-state index in [4.69, 9.17) is 4.98 Å². The fourth-order valence-electron chi connectivity index (χ4n) is 4.03. The quantitative estimate of drug-likeness (QED) is 0.520. The zero-order valence-electron chi connectivity index (χ0n) is 17.3. The molecule has 1 aliphatic rings. The molecule has 1 aliphatic heterocycles. The average Bonchev–Trinajstić information content (AvgIpc) is 3.40. The highest BCUT2D eigenvalue weighted by molar-refractivity contribution is 5.81. The number of hydrogen-bond donors (Lipinski definition) is 2. The number of nitrogens with one attached hydrogen (secondary N) is 2. The molecule has 0 spiro atoms. The Hall–Kier alpha value is -3.03. The van der Waals surface area contributed by atoms with Crippen LogP contribution in [0.2, 0.25) is 0 Å². The number of aryl methyl sites for hydroxylation is 1. The molecule has 154 valence electrons. The van der Waals surface area contributed by atoms with Crippen molar-refractivity contribution in [2.24, 2.45) is 0 Å². The molecule has 0 unspecified atom stereocenters. The minimum atomic E-state index is 0.702. The predicted octanol–water partition coefficient (Wildman–Crippen LogP) is 2.84. The van der Waals surface area contributed by atoms with Crippen LogP contribution in [0.1, 0.15) is 24.0 Å². The number of nitrogens with zero attached hydrogens (tertiary/aromatic N) is 5. The van der Waals surface area contributed by atoms with Gasteiger partial charge in [0.1, 0.15) is 5.82 Å². The Morgan fingerprint density at radius 1 is 1.07 bits per heavy atom. The lowest BCUT2D eigenvalue weighted by Crippen LogP contribution is -2.42. The molecule has 1 aromatic carbocycles. The Labute approximate surface area is 176 Å². The van der Waals surface area contributed by atoms with E-state index in [0.29, 0.717) is 6.42 Å². The number of imidazole rings is 1. The second-order valence-corrected chi connectivity index (χ2v) is 7.86. The fraction of sp³-hybridized carbons (Fsp3) is 0.348. The third-order valence-corrected chi connectivity index (χ3v) is 5.67. The maximum absolute atomic E-state index is 4.77. The normalized spacial score (nSPS) is 15.1. The molecule has 0 atom stereocenters. The maximum atomic E-state index is 4.77. The number of aromatic nitrogens is 5. The van der Waals surface area contributed by atoms with Crippen molar-refractivity contribution < 1.29 is 0 Å². The Morgan fingerprint density at radius 3 is 2.80 bits per heavy atom. The summed E-state index contributed by atoms with van der Waals surface area (Å²) in [6.45, 7) is 8.27. The van der Waals surface area contributed by atoms with Crippen molar-refractivity contribution in [2.75, 3.05) is 26.2 Å². The molecule has 0 saturated carbocycles. The summed E-state index contributed by atoms with van der Waals surface area (Å²) in [5.74, 6) is 0.943. The van der Waals surface area contributed by atoms with Gasteiger partial charge in [0.25, 0.3) is 0 Å². The molecule has 1 saturated heterocycles. The Bertz CT molecular complexity index is 1140. The number of aromatic amines is 1. The molecular weight excluding hydrogens is 374 g/mol.